The third-order valence-electron chi connectivity index (χ3n) is 2.62. The van der Waals surface area contributed by atoms with Crippen molar-refractivity contribution in [3.8, 4) is 5.75 Å². The van der Waals surface area contributed by atoms with Gasteiger partial charge in [0.15, 0.2) is 5.16 Å². The van der Waals surface area contributed by atoms with Crippen molar-refractivity contribution in [3.63, 3.8) is 0 Å². The minimum atomic E-state index is 0.710. The van der Waals surface area contributed by atoms with Gasteiger partial charge in [0.05, 0.1) is 7.11 Å². The lowest BCUT2D eigenvalue weighted by Crippen LogP contribution is -2.03. The lowest BCUT2D eigenvalue weighted by molar-refractivity contribution is 0.414. The molecule has 0 radical (unpaired) electrons. The van der Waals surface area contributed by atoms with Crippen LogP contribution in [0.5, 0.6) is 5.75 Å². The molecule has 1 aromatic carbocycles. The zero-order chi connectivity index (χ0) is 13.7. The first kappa shape index (κ1) is 13.7. The number of hydrogen-bond acceptors (Lipinski definition) is 5. The van der Waals surface area contributed by atoms with Crippen LogP contribution in [0.15, 0.2) is 35.5 Å². The van der Waals surface area contributed by atoms with Crippen LogP contribution in [0.1, 0.15) is 11.3 Å². The number of anilines is 1. The molecule has 0 saturated carbocycles. The summed E-state index contributed by atoms with van der Waals surface area (Å²) in [6.07, 6.45) is 1.97. The number of methoxy groups -OCH3 is 1. The Morgan fingerprint density at radius 1 is 1.26 bits per heavy atom. The van der Waals surface area contributed by atoms with Gasteiger partial charge >= 0.3 is 0 Å². The van der Waals surface area contributed by atoms with E-state index in [1.54, 1.807) is 18.9 Å². The second-order valence-electron chi connectivity index (χ2n) is 4.09. The molecule has 0 aliphatic heterocycles. The van der Waals surface area contributed by atoms with Crippen molar-refractivity contribution < 1.29 is 4.74 Å². The Hall–Kier alpha value is -1.75. The summed E-state index contributed by atoms with van der Waals surface area (Å²) < 4.78 is 5.21. The maximum absolute atomic E-state index is 5.21. The number of aromatic nitrogens is 2. The first-order chi connectivity index (χ1) is 9.21. The molecule has 0 saturated heterocycles. The van der Waals surface area contributed by atoms with Gasteiger partial charge in [0.1, 0.15) is 11.6 Å². The Morgan fingerprint density at radius 2 is 2.11 bits per heavy atom. The minimum Gasteiger partial charge on any atom is -0.497 e. The minimum absolute atomic E-state index is 0.710. The molecule has 0 aliphatic rings. The van der Waals surface area contributed by atoms with E-state index in [1.807, 2.05) is 37.4 Å². The fraction of sp³-hybridized carbons (Fsp3) is 0.286. The number of thioether (sulfide) groups is 1. The lowest BCUT2D eigenvalue weighted by Gasteiger charge is -2.08. The number of benzene rings is 1. The molecule has 0 atom stereocenters. The molecular formula is C14H17N3OS. The van der Waals surface area contributed by atoms with Crippen LogP contribution in [0, 0.1) is 6.92 Å². The highest BCUT2D eigenvalue weighted by Gasteiger charge is 2.01. The van der Waals surface area contributed by atoms with E-state index in [0.717, 1.165) is 28.0 Å². The van der Waals surface area contributed by atoms with Gasteiger partial charge in [0.25, 0.3) is 0 Å². The van der Waals surface area contributed by atoms with Crippen molar-refractivity contribution in [1.29, 1.82) is 0 Å². The molecule has 4 nitrogen and oxygen atoms in total. The summed E-state index contributed by atoms with van der Waals surface area (Å²) in [5.41, 5.74) is 2.12. The van der Waals surface area contributed by atoms with Crippen molar-refractivity contribution in [2.45, 2.75) is 18.6 Å². The molecule has 0 spiro atoms. The van der Waals surface area contributed by atoms with Crippen molar-refractivity contribution in [2.24, 2.45) is 0 Å². The van der Waals surface area contributed by atoms with Gasteiger partial charge in [-0.3, -0.25) is 0 Å². The molecule has 0 unspecified atom stereocenters. The molecule has 0 fully saturated rings. The summed E-state index contributed by atoms with van der Waals surface area (Å²) in [7, 11) is 1.67. The molecule has 1 aromatic heterocycles. The van der Waals surface area contributed by atoms with Crippen molar-refractivity contribution in [2.75, 3.05) is 18.7 Å². The second kappa shape index (κ2) is 6.43. The van der Waals surface area contributed by atoms with Crippen LogP contribution in [0.3, 0.4) is 0 Å². The van der Waals surface area contributed by atoms with E-state index >= 15 is 0 Å². The Balaban J connectivity index is 2.07. The first-order valence-electron chi connectivity index (χ1n) is 5.97. The van der Waals surface area contributed by atoms with Crippen LogP contribution in [0.2, 0.25) is 0 Å². The number of ether oxygens (including phenoxy) is 1. The number of hydrogen-bond donors (Lipinski definition) is 1. The molecule has 0 amide bonds. The largest absolute Gasteiger partial charge is 0.497 e. The molecule has 19 heavy (non-hydrogen) atoms. The van der Waals surface area contributed by atoms with E-state index in [1.165, 1.54) is 0 Å². The van der Waals surface area contributed by atoms with Crippen LogP contribution in [-0.2, 0) is 6.54 Å². The quantitative estimate of drug-likeness (QED) is 0.671. The van der Waals surface area contributed by atoms with E-state index in [-0.39, 0.29) is 0 Å². The number of nitrogens with zero attached hydrogens (tertiary/aromatic N) is 2. The van der Waals surface area contributed by atoms with Crippen LogP contribution >= 0.6 is 11.8 Å². The molecule has 2 rings (SSSR count). The molecule has 0 aliphatic carbocycles. The van der Waals surface area contributed by atoms with Crippen molar-refractivity contribution in [1.82, 2.24) is 9.97 Å². The van der Waals surface area contributed by atoms with E-state index in [2.05, 4.69) is 21.4 Å². The number of aryl methyl sites for hydroxylation is 1. The van der Waals surface area contributed by atoms with Gasteiger partial charge in [-0.2, -0.15) is 0 Å². The zero-order valence-electron chi connectivity index (χ0n) is 11.3. The van der Waals surface area contributed by atoms with Gasteiger partial charge in [-0.1, -0.05) is 23.9 Å². The third-order valence-corrected chi connectivity index (χ3v) is 3.17. The van der Waals surface area contributed by atoms with Gasteiger partial charge in [-0.15, -0.1) is 0 Å². The molecule has 0 bridgehead atoms. The molecule has 5 heteroatoms. The number of rotatable bonds is 5. The van der Waals surface area contributed by atoms with Crippen LogP contribution in [-0.4, -0.2) is 23.3 Å². The fourth-order valence-corrected chi connectivity index (χ4v) is 2.12. The second-order valence-corrected chi connectivity index (χ2v) is 4.86. The predicted molar refractivity (Wildman–Crippen MR) is 78.9 cm³/mol. The SMILES string of the molecule is COc1cccc(CNc2cc(C)nc(SC)n2)c1. The number of nitrogens with one attached hydrogen (secondary N) is 1. The molecule has 100 valence electrons. The molecular weight excluding hydrogens is 258 g/mol. The predicted octanol–water partition coefficient (Wildman–Crippen LogP) is 3.13. The van der Waals surface area contributed by atoms with Crippen LogP contribution in [0.4, 0.5) is 5.82 Å². The average molecular weight is 275 g/mol. The molecule has 1 heterocycles. The van der Waals surface area contributed by atoms with Crippen molar-refractivity contribution >= 4 is 17.6 Å². The van der Waals surface area contributed by atoms with Gasteiger partial charge in [0, 0.05) is 18.3 Å². The van der Waals surface area contributed by atoms with Gasteiger partial charge in [0.2, 0.25) is 0 Å². The standard InChI is InChI=1S/C14H17N3OS/c1-10-7-13(17-14(16-10)19-3)15-9-11-5-4-6-12(8-11)18-2/h4-8H,9H2,1-3H3,(H,15,16,17). The topological polar surface area (TPSA) is 47.0 Å². The lowest BCUT2D eigenvalue weighted by atomic mass is 10.2. The molecule has 1 N–H and O–H groups in total. The van der Waals surface area contributed by atoms with Gasteiger partial charge in [-0.25, -0.2) is 9.97 Å². The summed E-state index contributed by atoms with van der Waals surface area (Å²) >= 11 is 1.54. The Bertz CT molecular complexity index is 560. The van der Waals surface area contributed by atoms with Gasteiger partial charge < -0.3 is 10.1 Å². The van der Waals surface area contributed by atoms with E-state index in [4.69, 9.17) is 4.74 Å². The highest BCUT2D eigenvalue weighted by atomic mass is 32.2. The average Bonchev–Trinajstić information content (AvgIpc) is 2.44. The third kappa shape index (κ3) is 3.86. The monoisotopic (exact) mass is 275 g/mol. The van der Waals surface area contributed by atoms with E-state index < -0.39 is 0 Å². The summed E-state index contributed by atoms with van der Waals surface area (Å²) in [6.45, 7) is 2.68. The van der Waals surface area contributed by atoms with Gasteiger partial charge in [-0.05, 0) is 30.9 Å². The Morgan fingerprint density at radius 3 is 2.84 bits per heavy atom. The summed E-state index contributed by atoms with van der Waals surface area (Å²) in [5.74, 6) is 1.71. The highest BCUT2D eigenvalue weighted by Crippen LogP contribution is 2.16. The summed E-state index contributed by atoms with van der Waals surface area (Å²) in [5, 5.41) is 4.09. The first-order valence-corrected chi connectivity index (χ1v) is 7.20. The van der Waals surface area contributed by atoms with Crippen LogP contribution < -0.4 is 10.1 Å². The maximum atomic E-state index is 5.21. The highest BCUT2D eigenvalue weighted by molar-refractivity contribution is 7.98. The van der Waals surface area contributed by atoms with E-state index in [0.29, 0.717) is 6.54 Å². The fourth-order valence-electron chi connectivity index (χ4n) is 1.70. The zero-order valence-corrected chi connectivity index (χ0v) is 12.1. The van der Waals surface area contributed by atoms with Crippen LogP contribution in [0.25, 0.3) is 0 Å². The normalized spacial score (nSPS) is 10.3. The molecule has 2 aromatic rings. The van der Waals surface area contributed by atoms with Crippen molar-refractivity contribution in [3.05, 3.63) is 41.6 Å². The Labute approximate surface area is 117 Å². The van der Waals surface area contributed by atoms with E-state index in [9.17, 15) is 0 Å². The Kier molecular flexibility index (Phi) is 4.63. The summed E-state index contributed by atoms with van der Waals surface area (Å²) in [4.78, 5) is 8.75. The maximum Gasteiger partial charge on any atom is 0.189 e. The summed E-state index contributed by atoms with van der Waals surface area (Å²) in [6, 6.07) is 9.92. The smallest absolute Gasteiger partial charge is 0.189 e.